The van der Waals surface area contributed by atoms with Crippen molar-refractivity contribution in [3.8, 4) is 0 Å². The lowest BCUT2D eigenvalue weighted by Gasteiger charge is -2.27. The summed E-state index contributed by atoms with van der Waals surface area (Å²) in [6.07, 6.45) is -7.91. The number of alkyl halides is 6. The Labute approximate surface area is 196 Å². The van der Waals surface area contributed by atoms with Gasteiger partial charge in [-0.15, -0.1) is 13.2 Å². The summed E-state index contributed by atoms with van der Waals surface area (Å²) < 4.78 is 78.0. The predicted octanol–water partition coefficient (Wildman–Crippen LogP) is 0.636. The van der Waals surface area contributed by atoms with Crippen LogP contribution in [-0.4, -0.2) is 85.8 Å². The van der Waals surface area contributed by atoms with E-state index in [2.05, 4.69) is 15.4 Å². The molecule has 1 aliphatic carbocycles. The standard InChI is InChI=1S/C20H26F6N4O5/c21-19(22,23)9-27-7-15(32)30-10-18(2-3-18)6-13(30)17(34)29-12(5-11-1-4-28-16(11)33)14(31)8-35-20(24,25)26/h11-13,27H,1-10H2,(H,28,33)(H,29,34)/t11-,12-,13-/m0/s1. The maximum Gasteiger partial charge on any atom is 0.522 e. The molecule has 2 saturated heterocycles. The third kappa shape index (κ3) is 7.78. The average Bonchev–Trinajstić information content (AvgIpc) is 3.19. The van der Waals surface area contributed by atoms with Gasteiger partial charge in [-0.25, -0.2) is 0 Å². The van der Waals surface area contributed by atoms with Gasteiger partial charge in [0.2, 0.25) is 17.7 Å². The van der Waals surface area contributed by atoms with Crippen molar-refractivity contribution in [1.82, 2.24) is 20.9 Å². The van der Waals surface area contributed by atoms with Crippen LogP contribution in [0.3, 0.4) is 0 Å². The van der Waals surface area contributed by atoms with Crippen molar-refractivity contribution in [3.63, 3.8) is 0 Å². The summed E-state index contributed by atoms with van der Waals surface area (Å²) in [5.74, 6) is -3.77. The zero-order chi connectivity index (χ0) is 26.0. The molecule has 0 radical (unpaired) electrons. The Bertz CT molecular complexity index is 845. The minimum atomic E-state index is -5.08. The summed E-state index contributed by atoms with van der Waals surface area (Å²) in [6, 6.07) is -2.58. The topological polar surface area (TPSA) is 117 Å². The summed E-state index contributed by atoms with van der Waals surface area (Å²) in [7, 11) is 0. The molecule has 0 unspecified atom stereocenters. The third-order valence-electron chi connectivity index (χ3n) is 6.46. The van der Waals surface area contributed by atoms with E-state index in [0.29, 0.717) is 25.8 Å². The highest BCUT2D eigenvalue weighted by molar-refractivity contribution is 5.94. The number of carbonyl (C=O) groups is 4. The molecular formula is C20H26F6N4O5. The molecule has 2 heterocycles. The quantitative estimate of drug-likeness (QED) is 0.367. The lowest BCUT2D eigenvalue weighted by molar-refractivity contribution is -0.321. The normalized spacial score (nSPS) is 24.4. The zero-order valence-corrected chi connectivity index (χ0v) is 18.6. The van der Waals surface area contributed by atoms with Crippen molar-refractivity contribution in [3.05, 3.63) is 0 Å². The van der Waals surface area contributed by atoms with Gasteiger partial charge in [0.25, 0.3) is 0 Å². The summed E-state index contributed by atoms with van der Waals surface area (Å²) in [5, 5.41) is 6.88. The first-order chi connectivity index (χ1) is 16.2. The van der Waals surface area contributed by atoms with E-state index in [4.69, 9.17) is 0 Å². The minimum Gasteiger partial charge on any atom is -0.356 e. The first-order valence-corrected chi connectivity index (χ1v) is 11.1. The summed E-state index contributed by atoms with van der Waals surface area (Å²) in [4.78, 5) is 51.1. The molecule has 2 aliphatic heterocycles. The van der Waals surface area contributed by atoms with E-state index < -0.39 is 73.7 Å². The van der Waals surface area contributed by atoms with E-state index in [1.54, 1.807) is 0 Å². The highest BCUT2D eigenvalue weighted by Gasteiger charge is 2.55. The molecule has 3 atom stereocenters. The molecule has 3 aliphatic rings. The van der Waals surface area contributed by atoms with E-state index >= 15 is 0 Å². The van der Waals surface area contributed by atoms with Gasteiger partial charge < -0.3 is 20.9 Å². The van der Waals surface area contributed by atoms with Crippen molar-refractivity contribution in [2.24, 2.45) is 11.3 Å². The van der Waals surface area contributed by atoms with Crippen LogP contribution < -0.4 is 16.0 Å². The van der Waals surface area contributed by atoms with E-state index in [1.165, 1.54) is 0 Å². The second kappa shape index (κ2) is 10.3. The maximum atomic E-state index is 13.1. The molecule has 0 bridgehead atoms. The maximum absolute atomic E-state index is 13.1. The summed E-state index contributed by atoms with van der Waals surface area (Å²) >= 11 is 0. The SMILES string of the molecule is O=C1NCC[C@H]1C[C@H](NC(=O)[C@@H]1CC2(CC2)CN1C(=O)CNCC(F)(F)F)C(=O)COC(F)(F)F. The number of rotatable bonds is 10. The van der Waals surface area contributed by atoms with Gasteiger partial charge in [-0.05, 0) is 37.5 Å². The highest BCUT2D eigenvalue weighted by atomic mass is 19.4. The van der Waals surface area contributed by atoms with Crippen LogP contribution in [0.4, 0.5) is 26.3 Å². The fourth-order valence-electron chi connectivity index (χ4n) is 4.45. The van der Waals surface area contributed by atoms with Crippen molar-refractivity contribution < 1.29 is 50.3 Å². The Balaban J connectivity index is 1.67. The molecule has 15 heteroatoms. The number of ether oxygens (including phenoxy) is 1. The molecule has 0 aromatic heterocycles. The smallest absolute Gasteiger partial charge is 0.356 e. The summed E-state index contributed by atoms with van der Waals surface area (Å²) in [6.45, 7) is -2.97. The number of hydrogen-bond donors (Lipinski definition) is 3. The van der Waals surface area contributed by atoms with Gasteiger partial charge in [0.1, 0.15) is 12.6 Å². The molecule has 3 fully saturated rings. The van der Waals surface area contributed by atoms with Gasteiger partial charge in [-0.3, -0.25) is 23.9 Å². The van der Waals surface area contributed by atoms with Crippen LogP contribution in [0.5, 0.6) is 0 Å². The van der Waals surface area contributed by atoms with Crippen molar-refractivity contribution in [1.29, 1.82) is 0 Å². The van der Waals surface area contributed by atoms with E-state index in [9.17, 15) is 45.5 Å². The van der Waals surface area contributed by atoms with Crippen molar-refractivity contribution in [2.75, 3.05) is 32.8 Å². The Morgan fingerprint density at radius 2 is 1.86 bits per heavy atom. The number of amides is 3. The highest BCUT2D eigenvalue weighted by Crippen LogP contribution is 2.54. The Morgan fingerprint density at radius 1 is 1.17 bits per heavy atom. The first kappa shape index (κ1) is 27.2. The molecular weight excluding hydrogens is 490 g/mol. The molecule has 1 saturated carbocycles. The van der Waals surface area contributed by atoms with E-state index in [0.717, 1.165) is 4.90 Å². The van der Waals surface area contributed by atoms with Crippen LogP contribution >= 0.6 is 0 Å². The number of Topliss-reactive ketones (excluding diaryl/α,β-unsaturated/α-hetero) is 1. The summed E-state index contributed by atoms with van der Waals surface area (Å²) in [5.41, 5.74) is -0.341. The predicted molar refractivity (Wildman–Crippen MR) is 105 cm³/mol. The second-order valence-electron chi connectivity index (χ2n) is 9.23. The van der Waals surface area contributed by atoms with Crippen LogP contribution in [0, 0.1) is 11.3 Å². The van der Waals surface area contributed by atoms with Gasteiger partial charge in [-0.1, -0.05) is 0 Å². The van der Waals surface area contributed by atoms with Crippen LogP contribution in [0.2, 0.25) is 0 Å². The first-order valence-electron chi connectivity index (χ1n) is 11.1. The van der Waals surface area contributed by atoms with Gasteiger partial charge in [0.15, 0.2) is 5.78 Å². The molecule has 3 rings (SSSR count). The van der Waals surface area contributed by atoms with Gasteiger partial charge in [0.05, 0.1) is 19.1 Å². The molecule has 0 aromatic rings. The molecule has 3 amide bonds. The fraction of sp³-hybridized carbons (Fsp3) is 0.800. The van der Waals surface area contributed by atoms with Crippen LogP contribution in [-0.2, 0) is 23.9 Å². The lowest BCUT2D eigenvalue weighted by Crippen LogP contribution is -2.53. The zero-order valence-electron chi connectivity index (χ0n) is 18.6. The number of nitrogens with zero attached hydrogens (tertiary/aromatic N) is 1. The molecule has 35 heavy (non-hydrogen) atoms. The number of nitrogens with one attached hydrogen (secondary N) is 3. The van der Waals surface area contributed by atoms with E-state index in [1.807, 2.05) is 5.32 Å². The van der Waals surface area contributed by atoms with Gasteiger partial charge in [-0.2, -0.15) is 13.2 Å². The molecule has 0 aromatic carbocycles. The number of ketones is 1. The number of hydrogen-bond acceptors (Lipinski definition) is 6. The third-order valence-corrected chi connectivity index (χ3v) is 6.46. The van der Waals surface area contributed by atoms with Gasteiger partial charge >= 0.3 is 12.5 Å². The van der Waals surface area contributed by atoms with Crippen LogP contribution in [0.25, 0.3) is 0 Å². The minimum absolute atomic E-state index is 0.151. The molecule has 3 N–H and O–H groups in total. The van der Waals surface area contributed by atoms with Gasteiger partial charge in [0, 0.05) is 19.0 Å². The molecule has 1 spiro atoms. The van der Waals surface area contributed by atoms with Crippen LogP contribution in [0.1, 0.15) is 32.1 Å². The lowest BCUT2D eigenvalue weighted by atomic mass is 9.95. The number of likely N-dealkylation sites (tertiary alicyclic amines) is 1. The monoisotopic (exact) mass is 516 g/mol. The molecule has 198 valence electrons. The van der Waals surface area contributed by atoms with Crippen molar-refractivity contribution in [2.45, 2.75) is 56.7 Å². The fourth-order valence-corrected chi connectivity index (χ4v) is 4.45. The van der Waals surface area contributed by atoms with E-state index in [-0.39, 0.29) is 24.8 Å². The van der Waals surface area contributed by atoms with Crippen molar-refractivity contribution >= 4 is 23.5 Å². The number of halogens is 6. The Kier molecular flexibility index (Phi) is 7.99. The Hall–Kier alpha value is -2.42. The Morgan fingerprint density at radius 3 is 2.40 bits per heavy atom. The largest absolute Gasteiger partial charge is 0.522 e. The molecule has 9 nitrogen and oxygen atoms in total. The number of carbonyl (C=O) groups excluding carboxylic acids is 4. The van der Waals surface area contributed by atoms with Crippen LogP contribution in [0.15, 0.2) is 0 Å². The average molecular weight is 516 g/mol. The second-order valence-corrected chi connectivity index (χ2v) is 9.23.